The number of amides is 2. The van der Waals surface area contributed by atoms with Crippen LogP contribution in [-0.2, 0) is 4.79 Å². The first-order valence-electron chi connectivity index (χ1n) is 7.93. The molecule has 0 fully saturated rings. The van der Waals surface area contributed by atoms with Crippen LogP contribution in [0.5, 0.6) is 0 Å². The number of aromatic nitrogens is 2. The lowest BCUT2D eigenvalue weighted by atomic mass is 10.2. The molecule has 2 amide bonds. The summed E-state index contributed by atoms with van der Waals surface area (Å²) in [7, 11) is 0. The molecular formula is C19H17N5O2. The Kier molecular flexibility index (Phi) is 5.19. The van der Waals surface area contributed by atoms with Gasteiger partial charge in [0.15, 0.2) is 0 Å². The topological polar surface area (TPSA) is 96.0 Å². The van der Waals surface area contributed by atoms with Gasteiger partial charge >= 0.3 is 0 Å². The maximum atomic E-state index is 12.3. The highest BCUT2D eigenvalue weighted by atomic mass is 16.2. The van der Waals surface area contributed by atoms with E-state index in [-0.39, 0.29) is 17.5 Å². The summed E-state index contributed by atoms with van der Waals surface area (Å²) in [5.74, 6) is 0.0451. The predicted octanol–water partition coefficient (Wildman–Crippen LogP) is 3.43. The fourth-order valence-corrected chi connectivity index (χ4v) is 2.25. The molecule has 26 heavy (non-hydrogen) atoms. The molecule has 130 valence electrons. The van der Waals surface area contributed by atoms with Crippen molar-refractivity contribution in [3.63, 3.8) is 0 Å². The van der Waals surface area contributed by atoms with Gasteiger partial charge in [-0.1, -0.05) is 18.2 Å². The van der Waals surface area contributed by atoms with Crippen molar-refractivity contribution in [3.8, 4) is 0 Å². The molecule has 1 heterocycles. The third-order valence-electron chi connectivity index (χ3n) is 3.41. The van der Waals surface area contributed by atoms with Gasteiger partial charge in [-0.2, -0.15) is 0 Å². The zero-order valence-corrected chi connectivity index (χ0v) is 14.1. The minimum atomic E-state index is -0.317. The quantitative estimate of drug-likeness (QED) is 0.657. The molecule has 0 atom stereocenters. The summed E-state index contributed by atoms with van der Waals surface area (Å²) in [6, 6.07) is 17.9. The Morgan fingerprint density at radius 1 is 0.808 bits per heavy atom. The maximum absolute atomic E-state index is 12.3. The molecule has 0 aliphatic carbocycles. The number of benzene rings is 2. The molecule has 0 radical (unpaired) electrons. The van der Waals surface area contributed by atoms with Gasteiger partial charge in [0.1, 0.15) is 17.8 Å². The van der Waals surface area contributed by atoms with Crippen LogP contribution in [0.25, 0.3) is 0 Å². The van der Waals surface area contributed by atoms with E-state index in [1.165, 1.54) is 13.3 Å². The van der Waals surface area contributed by atoms with Gasteiger partial charge < -0.3 is 16.0 Å². The highest BCUT2D eigenvalue weighted by molar-refractivity contribution is 6.03. The van der Waals surface area contributed by atoms with Gasteiger partial charge in [-0.25, -0.2) is 9.97 Å². The number of para-hydroxylation sites is 1. The first kappa shape index (κ1) is 17.1. The predicted molar refractivity (Wildman–Crippen MR) is 100 cm³/mol. The second-order valence-electron chi connectivity index (χ2n) is 5.49. The van der Waals surface area contributed by atoms with E-state index in [1.54, 1.807) is 42.5 Å². The average Bonchev–Trinajstić information content (AvgIpc) is 2.64. The Morgan fingerprint density at radius 2 is 1.46 bits per heavy atom. The summed E-state index contributed by atoms with van der Waals surface area (Å²) < 4.78 is 0. The number of carbonyl (C=O) groups is 2. The van der Waals surface area contributed by atoms with E-state index in [4.69, 9.17) is 0 Å². The standard InChI is InChI=1S/C19H17N5O2/c1-13(25)22-15-7-9-16(10-8-15)23-18-11-17(20-12-21-18)19(26)24-14-5-3-2-4-6-14/h2-12H,1H3,(H,22,25)(H,24,26)(H,20,21,23). The first-order valence-corrected chi connectivity index (χ1v) is 7.93. The molecule has 0 unspecified atom stereocenters. The van der Waals surface area contributed by atoms with Crippen molar-refractivity contribution >= 4 is 34.7 Å². The fourth-order valence-electron chi connectivity index (χ4n) is 2.25. The zero-order valence-electron chi connectivity index (χ0n) is 14.1. The Hall–Kier alpha value is -3.74. The molecule has 0 spiro atoms. The Bertz CT molecular complexity index is 911. The van der Waals surface area contributed by atoms with E-state index < -0.39 is 0 Å². The second kappa shape index (κ2) is 7.89. The van der Waals surface area contributed by atoms with Crippen LogP contribution in [0.4, 0.5) is 22.9 Å². The molecule has 0 saturated heterocycles. The SMILES string of the molecule is CC(=O)Nc1ccc(Nc2cc(C(=O)Nc3ccccc3)ncn2)cc1. The number of carbonyl (C=O) groups excluding carboxylic acids is 2. The summed E-state index contributed by atoms with van der Waals surface area (Å²) in [6.45, 7) is 1.45. The molecule has 3 N–H and O–H groups in total. The summed E-state index contributed by atoms with van der Waals surface area (Å²) in [5.41, 5.74) is 2.42. The van der Waals surface area contributed by atoms with Gasteiger partial charge in [-0.15, -0.1) is 0 Å². The normalized spacial score (nSPS) is 10.0. The number of rotatable bonds is 5. The monoisotopic (exact) mass is 347 g/mol. The van der Waals surface area contributed by atoms with Crippen molar-refractivity contribution in [1.29, 1.82) is 0 Å². The molecule has 0 bridgehead atoms. The smallest absolute Gasteiger partial charge is 0.274 e. The number of hydrogen-bond donors (Lipinski definition) is 3. The summed E-state index contributed by atoms with van der Waals surface area (Å²) >= 11 is 0. The lowest BCUT2D eigenvalue weighted by Gasteiger charge is -2.09. The Labute approximate surface area is 150 Å². The van der Waals surface area contributed by atoms with Crippen molar-refractivity contribution < 1.29 is 9.59 Å². The largest absolute Gasteiger partial charge is 0.340 e. The van der Waals surface area contributed by atoms with Crippen LogP contribution >= 0.6 is 0 Å². The van der Waals surface area contributed by atoms with Gasteiger partial charge in [-0.3, -0.25) is 9.59 Å². The van der Waals surface area contributed by atoms with E-state index in [2.05, 4.69) is 25.9 Å². The van der Waals surface area contributed by atoms with E-state index in [9.17, 15) is 9.59 Å². The number of anilines is 4. The molecule has 0 aliphatic heterocycles. The average molecular weight is 347 g/mol. The fraction of sp³-hybridized carbons (Fsp3) is 0.0526. The van der Waals surface area contributed by atoms with E-state index in [0.29, 0.717) is 17.2 Å². The summed E-state index contributed by atoms with van der Waals surface area (Å²) in [5, 5.41) is 8.58. The van der Waals surface area contributed by atoms with Crippen LogP contribution in [0.2, 0.25) is 0 Å². The van der Waals surface area contributed by atoms with E-state index in [0.717, 1.165) is 5.69 Å². The molecule has 3 aromatic rings. The van der Waals surface area contributed by atoms with Gasteiger partial charge in [0.2, 0.25) is 5.91 Å². The van der Waals surface area contributed by atoms with Crippen LogP contribution in [0, 0.1) is 0 Å². The van der Waals surface area contributed by atoms with Crippen LogP contribution in [0.15, 0.2) is 67.0 Å². The van der Waals surface area contributed by atoms with Gasteiger partial charge in [0.25, 0.3) is 5.91 Å². The van der Waals surface area contributed by atoms with Crippen LogP contribution < -0.4 is 16.0 Å². The molecule has 7 nitrogen and oxygen atoms in total. The summed E-state index contributed by atoms with van der Waals surface area (Å²) in [6.07, 6.45) is 1.33. The van der Waals surface area contributed by atoms with Gasteiger partial charge in [0.05, 0.1) is 0 Å². The number of hydrogen-bond acceptors (Lipinski definition) is 5. The van der Waals surface area contributed by atoms with Crippen LogP contribution in [-0.4, -0.2) is 21.8 Å². The van der Waals surface area contributed by atoms with Crippen molar-refractivity contribution in [2.75, 3.05) is 16.0 Å². The molecule has 3 rings (SSSR count). The minimum absolute atomic E-state index is 0.129. The molecule has 0 aliphatic rings. The van der Waals surface area contributed by atoms with Crippen LogP contribution in [0.1, 0.15) is 17.4 Å². The van der Waals surface area contributed by atoms with Crippen molar-refractivity contribution in [1.82, 2.24) is 9.97 Å². The molecule has 0 saturated carbocycles. The number of nitrogens with one attached hydrogen (secondary N) is 3. The third-order valence-corrected chi connectivity index (χ3v) is 3.41. The van der Waals surface area contributed by atoms with Crippen LogP contribution in [0.3, 0.4) is 0 Å². The Morgan fingerprint density at radius 3 is 2.15 bits per heavy atom. The molecule has 1 aromatic heterocycles. The highest BCUT2D eigenvalue weighted by Crippen LogP contribution is 2.18. The van der Waals surface area contributed by atoms with Crippen molar-refractivity contribution in [2.45, 2.75) is 6.92 Å². The second-order valence-corrected chi connectivity index (χ2v) is 5.49. The summed E-state index contributed by atoms with van der Waals surface area (Å²) in [4.78, 5) is 31.5. The number of nitrogens with zero attached hydrogens (tertiary/aromatic N) is 2. The van der Waals surface area contributed by atoms with Gasteiger partial charge in [0, 0.05) is 30.1 Å². The van der Waals surface area contributed by atoms with E-state index >= 15 is 0 Å². The van der Waals surface area contributed by atoms with E-state index in [1.807, 2.05) is 18.2 Å². The minimum Gasteiger partial charge on any atom is -0.340 e. The molecule has 7 heteroatoms. The molecular weight excluding hydrogens is 330 g/mol. The lowest BCUT2D eigenvalue weighted by molar-refractivity contribution is -0.114. The maximum Gasteiger partial charge on any atom is 0.274 e. The van der Waals surface area contributed by atoms with Gasteiger partial charge in [-0.05, 0) is 36.4 Å². The first-order chi connectivity index (χ1) is 12.6. The highest BCUT2D eigenvalue weighted by Gasteiger charge is 2.09. The zero-order chi connectivity index (χ0) is 18.4. The molecule has 2 aromatic carbocycles. The Balaban J connectivity index is 1.69. The van der Waals surface area contributed by atoms with Crippen molar-refractivity contribution in [2.24, 2.45) is 0 Å². The third kappa shape index (κ3) is 4.64. The van der Waals surface area contributed by atoms with Crippen molar-refractivity contribution in [3.05, 3.63) is 72.7 Å². The lowest BCUT2D eigenvalue weighted by Crippen LogP contribution is -2.14.